The van der Waals surface area contributed by atoms with Gasteiger partial charge in [0.2, 0.25) is 0 Å². The van der Waals surface area contributed by atoms with E-state index in [1.54, 1.807) is 0 Å². The maximum Gasteiger partial charge on any atom is 0.313 e. The van der Waals surface area contributed by atoms with Gasteiger partial charge in [-0.05, 0) is 0 Å². The summed E-state index contributed by atoms with van der Waals surface area (Å²) in [6, 6.07) is 0. The Bertz CT molecular complexity index is 228. The van der Waals surface area contributed by atoms with Crippen LogP contribution in [-0.2, 0) is 9.53 Å². The number of hydrogen-bond acceptors (Lipinski definition) is 3. The van der Waals surface area contributed by atoms with Crippen LogP contribution in [0.3, 0.4) is 0 Å². The van der Waals surface area contributed by atoms with Gasteiger partial charge in [-0.2, -0.15) is 0 Å². The van der Waals surface area contributed by atoms with Crippen molar-refractivity contribution in [2.75, 3.05) is 20.2 Å². The van der Waals surface area contributed by atoms with Gasteiger partial charge in [0.05, 0.1) is 12.5 Å². The topological polar surface area (TPSA) is 38.3 Å². The second-order valence-electron chi connectivity index (χ2n) is 3.88. The summed E-state index contributed by atoms with van der Waals surface area (Å²) in [7, 11) is 1.35. The minimum absolute atomic E-state index is 0. The first-order valence-corrected chi connectivity index (χ1v) is 4.08. The van der Waals surface area contributed by atoms with Crippen molar-refractivity contribution >= 4 is 18.4 Å². The average molecular weight is 210 g/mol. The fourth-order valence-corrected chi connectivity index (χ4v) is 2.37. The van der Waals surface area contributed by atoms with Gasteiger partial charge >= 0.3 is 5.97 Å². The summed E-state index contributed by atoms with van der Waals surface area (Å²) in [5, 5.41) is 2.90. The van der Waals surface area contributed by atoms with Gasteiger partial charge in [0.1, 0.15) is 5.67 Å². The predicted octanol–water partition coefficient (Wildman–Crippen LogP) is 0.673. The van der Waals surface area contributed by atoms with E-state index in [0.29, 0.717) is 25.9 Å². The standard InChI is InChI=1S/C8H12FNO2.ClH/c1-12-6(11)7-2-8(9,3-7)5-10-4-7;/h10H,2-5H2,1H3;1H. The molecule has 1 aliphatic carbocycles. The molecule has 2 heterocycles. The van der Waals surface area contributed by atoms with Gasteiger partial charge in [-0.25, -0.2) is 4.39 Å². The highest BCUT2D eigenvalue weighted by Gasteiger charge is 2.62. The lowest BCUT2D eigenvalue weighted by Crippen LogP contribution is -2.67. The Labute approximate surface area is 82.4 Å². The quantitative estimate of drug-likeness (QED) is 0.646. The first kappa shape index (κ1) is 10.7. The molecule has 1 N–H and O–H groups in total. The molecule has 2 bridgehead atoms. The van der Waals surface area contributed by atoms with E-state index in [4.69, 9.17) is 0 Å². The molecule has 0 atom stereocenters. The summed E-state index contributed by atoms with van der Waals surface area (Å²) in [6.07, 6.45) is 0.666. The van der Waals surface area contributed by atoms with E-state index in [9.17, 15) is 9.18 Å². The minimum Gasteiger partial charge on any atom is -0.469 e. The third-order valence-corrected chi connectivity index (χ3v) is 2.83. The summed E-state index contributed by atoms with van der Waals surface area (Å²) in [4.78, 5) is 11.2. The summed E-state index contributed by atoms with van der Waals surface area (Å²) >= 11 is 0. The molecule has 3 aliphatic rings. The third-order valence-electron chi connectivity index (χ3n) is 2.83. The lowest BCUT2D eigenvalue weighted by Gasteiger charge is -2.54. The molecule has 3 fully saturated rings. The van der Waals surface area contributed by atoms with Gasteiger partial charge in [0, 0.05) is 25.9 Å². The molecule has 3 nitrogen and oxygen atoms in total. The number of nitrogens with one attached hydrogen (secondary N) is 1. The first-order chi connectivity index (χ1) is 5.60. The second kappa shape index (κ2) is 3.10. The summed E-state index contributed by atoms with van der Waals surface area (Å²) in [5.41, 5.74) is -1.70. The largest absolute Gasteiger partial charge is 0.469 e. The van der Waals surface area contributed by atoms with Crippen molar-refractivity contribution in [2.45, 2.75) is 18.5 Å². The third kappa shape index (κ3) is 1.42. The SMILES string of the molecule is COC(=O)C12CNCC(F)(C1)C2.Cl. The van der Waals surface area contributed by atoms with Gasteiger partial charge in [-0.3, -0.25) is 4.79 Å². The molecule has 3 rings (SSSR count). The highest BCUT2D eigenvalue weighted by atomic mass is 35.5. The van der Waals surface area contributed by atoms with Crippen molar-refractivity contribution in [2.24, 2.45) is 5.41 Å². The number of hydrogen-bond donors (Lipinski definition) is 1. The maximum atomic E-state index is 13.4. The Morgan fingerprint density at radius 1 is 1.46 bits per heavy atom. The van der Waals surface area contributed by atoms with Crippen LogP contribution in [0, 0.1) is 5.41 Å². The van der Waals surface area contributed by atoms with Crippen LogP contribution < -0.4 is 5.32 Å². The molecular formula is C8H13ClFNO2. The molecule has 13 heavy (non-hydrogen) atoms. The molecule has 0 radical (unpaired) electrons. The van der Waals surface area contributed by atoms with Gasteiger partial charge in [0.15, 0.2) is 0 Å². The zero-order chi connectivity index (χ0) is 8.82. The highest BCUT2D eigenvalue weighted by Crippen LogP contribution is 2.53. The Morgan fingerprint density at radius 2 is 2.08 bits per heavy atom. The number of piperidine rings is 2. The molecule has 2 aliphatic heterocycles. The van der Waals surface area contributed by atoms with Gasteiger partial charge in [-0.15, -0.1) is 12.4 Å². The maximum absolute atomic E-state index is 13.4. The van der Waals surface area contributed by atoms with E-state index in [0.717, 1.165) is 0 Å². The number of methoxy groups -OCH3 is 1. The minimum atomic E-state index is -1.15. The summed E-state index contributed by atoms with van der Waals surface area (Å²) < 4.78 is 18.0. The van der Waals surface area contributed by atoms with Crippen molar-refractivity contribution < 1.29 is 13.9 Å². The van der Waals surface area contributed by atoms with Gasteiger partial charge < -0.3 is 10.1 Å². The first-order valence-electron chi connectivity index (χ1n) is 4.08. The number of alkyl halides is 1. The van der Waals surface area contributed by atoms with Crippen LogP contribution in [-0.4, -0.2) is 31.8 Å². The average Bonchev–Trinajstić information content (AvgIpc) is 2.01. The predicted molar refractivity (Wildman–Crippen MR) is 47.6 cm³/mol. The zero-order valence-corrected chi connectivity index (χ0v) is 8.25. The van der Waals surface area contributed by atoms with Crippen molar-refractivity contribution in [1.29, 1.82) is 0 Å². The number of carbonyl (C=O) groups is 1. The molecule has 0 aromatic rings. The van der Waals surface area contributed by atoms with E-state index in [1.165, 1.54) is 7.11 Å². The van der Waals surface area contributed by atoms with Crippen molar-refractivity contribution in [3.05, 3.63) is 0 Å². The molecule has 0 amide bonds. The number of esters is 1. The number of carbonyl (C=O) groups excluding carboxylic acids is 1. The van der Waals surface area contributed by atoms with Crippen molar-refractivity contribution in [1.82, 2.24) is 5.32 Å². The van der Waals surface area contributed by atoms with E-state index < -0.39 is 11.1 Å². The molecule has 0 aromatic carbocycles. The normalized spacial score (nSPS) is 41.4. The van der Waals surface area contributed by atoms with E-state index in [1.807, 2.05) is 0 Å². The fraction of sp³-hybridized carbons (Fsp3) is 0.875. The number of fused-ring (bicyclic) bond motifs is 2. The van der Waals surface area contributed by atoms with Gasteiger partial charge in [0.25, 0.3) is 0 Å². The summed E-state index contributed by atoms with van der Waals surface area (Å²) in [6.45, 7) is 0.942. The molecule has 0 aromatic heterocycles. The van der Waals surface area contributed by atoms with E-state index >= 15 is 0 Å². The molecule has 0 spiro atoms. The Kier molecular flexibility index (Phi) is 2.56. The molecule has 0 unspecified atom stereocenters. The number of rotatable bonds is 1. The van der Waals surface area contributed by atoms with Crippen molar-refractivity contribution in [3.8, 4) is 0 Å². The smallest absolute Gasteiger partial charge is 0.313 e. The molecule has 5 heteroatoms. The Balaban J connectivity index is 0.000000845. The van der Waals surface area contributed by atoms with Crippen molar-refractivity contribution in [3.63, 3.8) is 0 Å². The van der Waals surface area contributed by atoms with E-state index in [-0.39, 0.29) is 18.4 Å². The lowest BCUT2D eigenvalue weighted by atomic mass is 9.57. The summed E-state index contributed by atoms with van der Waals surface area (Å²) in [5.74, 6) is -0.275. The lowest BCUT2D eigenvalue weighted by molar-refractivity contribution is -0.178. The van der Waals surface area contributed by atoms with Crippen LogP contribution in [0.4, 0.5) is 4.39 Å². The fourth-order valence-electron chi connectivity index (χ4n) is 2.37. The molecule has 2 saturated heterocycles. The number of halogens is 2. The van der Waals surface area contributed by atoms with Crippen LogP contribution >= 0.6 is 12.4 Å². The van der Waals surface area contributed by atoms with E-state index in [2.05, 4.69) is 10.1 Å². The Hall–Kier alpha value is -0.350. The van der Waals surface area contributed by atoms with Crippen LogP contribution in [0.25, 0.3) is 0 Å². The van der Waals surface area contributed by atoms with Crippen LogP contribution in [0.2, 0.25) is 0 Å². The monoisotopic (exact) mass is 209 g/mol. The van der Waals surface area contributed by atoms with Crippen LogP contribution in [0.1, 0.15) is 12.8 Å². The van der Waals surface area contributed by atoms with Gasteiger partial charge in [-0.1, -0.05) is 0 Å². The van der Waals surface area contributed by atoms with Crippen LogP contribution in [0.5, 0.6) is 0 Å². The number of ether oxygens (including phenoxy) is 1. The molecular weight excluding hydrogens is 197 g/mol. The zero-order valence-electron chi connectivity index (χ0n) is 7.43. The van der Waals surface area contributed by atoms with Crippen LogP contribution in [0.15, 0.2) is 0 Å². The molecule has 76 valence electrons. The molecule has 1 saturated carbocycles. The highest BCUT2D eigenvalue weighted by molar-refractivity contribution is 5.85. The second-order valence-corrected chi connectivity index (χ2v) is 3.88. The Morgan fingerprint density at radius 3 is 2.54 bits per heavy atom.